The Morgan fingerprint density at radius 2 is 1.94 bits per heavy atom. The summed E-state index contributed by atoms with van der Waals surface area (Å²) in [4.78, 5) is 27.9. The van der Waals surface area contributed by atoms with Crippen LogP contribution in [0.25, 0.3) is 5.69 Å². The van der Waals surface area contributed by atoms with Crippen molar-refractivity contribution in [3.05, 3.63) is 66.0 Å². The van der Waals surface area contributed by atoms with Crippen LogP contribution in [-0.4, -0.2) is 59.6 Å². The van der Waals surface area contributed by atoms with Crippen molar-refractivity contribution in [2.75, 3.05) is 25.5 Å². The van der Waals surface area contributed by atoms with Crippen LogP contribution >= 0.6 is 11.6 Å². The molecule has 1 aromatic heterocycles. The zero-order valence-corrected chi connectivity index (χ0v) is 18.2. The van der Waals surface area contributed by atoms with Crippen LogP contribution in [0.15, 0.2) is 60.0 Å². The first-order valence-corrected chi connectivity index (χ1v) is 10.8. The normalized spacial score (nSPS) is 11.4. The van der Waals surface area contributed by atoms with Crippen molar-refractivity contribution in [2.45, 2.75) is 4.90 Å². The molecule has 0 atom stereocenters. The van der Waals surface area contributed by atoms with Gasteiger partial charge in [0.1, 0.15) is 25.0 Å². The van der Waals surface area contributed by atoms with Gasteiger partial charge < -0.3 is 10.1 Å². The van der Waals surface area contributed by atoms with Crippen LogP contribution in [0.5, 0.6) is 0 Å². The van der Waals surface area contributed by atoms with Crippen LogP contribution in [0.4, 0.5) is 10.1 Å². The second-order valence-electron chi connectivity index (χ2n) is 6.43. The van der Waals surface area contributed by atoms with Crippen molar-refractivity contribution in [1.29, 1.82) is 0 Å². The summed E-state index contributed by atoms with van der Waals surface area (Å²) in [5.41, 5.74) is 0.789. The fourth-order valence-electron chi connectivity index (χ4n) is 2.57. The molecule has 32 heavy (non-hydrogen) atoms. The number of likely N-dealkylation sites (N-methyl/N-ethyl adjacent to an activating group) is 1. The van der Waals surface area contributed by atoms with Gasteiger partial charge in [-0.3, -0.25) is 9.59 Å². The Hall–Kier alpha value is -3.35. The van der Waals surface area contributed by atoms with Crippen molar-refractivity contribution in [3.8, 4) is 5.69 Å². The molecule has 0 spiro atoms. The SMILES string of the molecule is CN(CC(=O)OCC(=O)Nc1cc(Cl)ccc1-n1cncn1)S(=O)(=O)c1ccc(F)cc1. The first-order valence-electron chi connectivity index (χ1n) is 8.99. The third-order valence-electron chi connectivity index (χ3n) is 4.14. The van der Waals surface area contributed by atoms with E-state index < -0.39 is 40.9 Å². The Morgan fingerprint density at radius 1 is 1.22 bits per heavy atom. The summed E-state index contributed by atoms with van der Waals surface area (Å²) in [6, 6.07) is 8.86. The van der Waals surface area contributed by atoms with E-state index in [2.05, 4.69) is 15.4 Å². The first-order chi connectivity index (χ1) is 15.2. The molecule has 3 rings (SSSR count). The molecule has 0 saturated carbocycles. The number of rotatable bonds is 8. The highest BCUT2D eigenvalue weighted by Gasteiger charge is 2.24. The number of sulfonamides is 1. The van der Waals surface area contributed by atoms with E-state index >= 15 is 0 Å². The van der Waals surface area contributed by atoms with E-state index in [1.807, 2.05) is 0 Å². The van der Waals surface area contributed by atoms with Gasteiger partial charge in [0, 0.05) is 12.1 Å². The molecule has 1 heterocycles. The molecule has 0 fully saturated rings. The lowest BCUT2D eigenvalue weighted by Crippen LogP contribution is -2.34. The fourth-order valence-corrected chi connectivity index (χ4v) is 3.86. The highest BCUT2D eigenvalue weighted by molar-refractivity contribution is 7.89. The van der Waals surface area contributed by atoms with E-state index in [1.165, 1.54) is 23.4 Å². The molecule has 1 amide bonds. The maximum absolute atomic E-state index is 13.0. The molecule has 0 bridgehead atoms. The van der Waals surface area contributed by atoms with Crippen LogP contribution in [0.3, 0.4) is 0 Å². The van der Waals surface area contributed by atoms with Gasteiger partial charge in [-0.05, 0) is 42.5 Å². The van der Waals surface area contributed by atoms with Gasteiger partial charge in [-0.15, -0.1) is 0 Å². The second-order valence-corrected chi connectivity index (χ2v) is 8.91. The van der Waals surface area contributed by atoms with Crippen molar-refractivity contribution >= 4 is 39.2 Å². The van der Waals surface area contributed by atoms with E-state index in [0.717, 1.165) is 35.6 Å². The average Bonchev–Trinajstić information content (AvgIpc) is 3.27. The highest BCUT2D eigenvalue weighted by atomic mass is 35.5. The van der Waals surface area contributed by atoms with Gasteiger partial charge in [-0.25, -0.2) is 22.5 Å². The minimum Gasteiger partial charge on any atom is -0.455 e. The number of esters is 1. The molecule has 0 saturated heterocycles. The van der Waals surface area contributed by atoms with Gasteiger partial charge in [0.05, 0.1) is 16.3 Å². The van der Waals surface area contributed by atoms with Crippen LogP contribution in [0, 0.1) is 5.82 Å². The van der Waals surface area contributed by atoms with Gasteiger partial charge in [-0.2, -0.15) is 9.40 Å². The summed E-state index contributed by atoms with van der Waals surface area (Å²) in [6.07, 6.45) is 2.74. The number of hydrogen-bond donors (Lipinski definition) is 1. The van der Waals surface area contributed by atoms with Crippen LogP contribution in [-0.2, 0) is 24.3 Å². The largest absolute Gasteiger partial charge is 0.455 e. The van der Waals surface area contributed by atoms with E-state index in [0.29, 0.717) is 16.4 Å². The molecule has 0 radical (unpaired) electrons. The molecule has 3 aromatic rings. The number of amides is 1. The van der Waals surface area contributed by atoms with Gasteiger partial charge in [0.25, 0.3) is 5.91 Å². The zero-order chi connectivity index (χ0) is 23.3. The Kier molecular flexibility index (Phi) is 7.18. The lowest BCUT2D eigenvalue weighted by molar-refractivity contribution is -0.147. The topological polar surface area (TPSA) is 123 Å². The van der Waals surface area contributed by atoms with Crippen molar-refractivity contribution in [1.82, 2.24) is 19.1 Å². The van der Waals surface area contributed by atoms with E-state index in [1.54, 1.807) is 12.1 Å². The smallest absolute Gasteiger partial charge is 0.321 e. The lowest BCUT2D eigenvalue weighted by atomic mass is 10.2. The summed E-state index contributed by atoms with van der Waals surface area (Å²) in [5, 5.41) is 6.89. The number of carbonyl (C=O) groups is 2. The number of carbonyl (C=O) groups excluding carboxylic acids is 2. The molecule has 0 aliphatic carbocycles. The summed E-state index contributed by atoms with van der Waals surface area (Å²) < 4.78 is 44.9. The molecule has 0 unspecified atom stereocenters. The molecule has 0 aliphatic rings. The van der Waals surface area contributed by atoms with Crippen molar-refractivity contribution in [3.63, 3.8) is 0 Å². The number of hydrogen-bond acceptors (Lipinski definition) is 7. The number of ether oxygens (including phenoxy) is 1. The minimum absolute atomic E-state index is 0.187. The van der Waals surface area contributed by atoms with Gasteiger partial charge >= 0.3 is 5.97 Å². The summed E-state index contributed by atoms with van der Waals surface area (Å²) in [5.74, 6) is -2.22. The Labute approximate surface area is 187 Å². The Morgan fingerprint density at radius 3 is 2.59 bits per heavy atom. The van der Waals surface area contributed by atoms with Gasteiger partial charge in [-0.1, -0.05) is 11.6 Å². The predicted molar refractivity (Wildman–Crippen MR) is 112 cm³/mol. The molecule has 1 N–H and O–H groups in total. The number of halogens is 2. The maximum Gasteiger partial charge on any atom is 0.321 e. The average molecular weight is 482 g/mol. The van der Waals surface area contributed by atoms with E-state index in [4.69, 9.17) is 16.3 Å². The third-order valence-corrected chi connectivity index (χ3v) is 6.19. The number of anilines is 1. The monoisotopic (exact) mass is 481 g/mol. The summed E-state index contributed by atoms with van der Waals surface area (Å²) >= 11 is 5.98. The number of nitrogens with one attached hydrogen (secondary N) is 1. The molecule has 10 nitrogen and oxygen atoms in total. The van der Waals surface area contributed by atoms with Gasteiger partial charge in [0.2, 0.25) is 10.0 Å². The molecule has 2 aromatic carbocycles. The Balaban J connectivity index is 1.58. The van der Waals surface area contributed by atoms with Crippen LogP contribution in [0.1, 0.15) is 0 Å². The molecule has 0 aliphatic heterocycles. The van der Waals surface area contributed by atoms with E-state index in [9.17, 15) is 22.4 Å². The van der Waals surface area contributed by atoms with Crippen molar-refractivity contribution < 1.29 is 27.1 Å². The molecule has 13 heteroatoms. The molecular weight excluding hydrogens is 465 g/mol. The number of aromatic nitrogens is 3. The second kappa shape index (κ2) is 9.85. The predicted octanol–water partition coefficient (Wildman–Crippen LogP) is 1.86. The standard InChI is InChI=1S/C19H17ClFN5O5S/c1-25(32(29,30)15-5-3-14(21)4-6-15)9-19(28)31-10-18(27)24-16-8-13(20)2-7-17(16)26-12-22-11-23-26/h2-8,11-12H,9-10H2,1H3,(H,24,27). The first kappa shape index (κ1) is 23.3. The molecular formula is C19H17ClFN5O5S. The third kappa shape index (κ3) is 5.66. The zero-order valence-electron chi connectivity index (χ0n) is 16.6. The quantitative estimate of drug-likeness (QED) is 0.487. The minimum atomic E-state index is -4.04. The summed E-state index contributed by atoms with van der Waals surface area (Å²) in [7, 11) is -2.88. The fraction of sp³-hybridized carbons (Fsp3) is 0.158. The lowest BCUT2D eigenvalue weighted by Gasteiger charge is -2.16. The maximum atomic E-state index is 13.0. The Bertz CT molecular complexity index is 1220. The highest BCUT2D eigenvalue weighted by Crippen LogP contribution is 2.24. The van der Waals surface area contributed by atoms with Crippen LogP contribution < -0.4 is 5.32 Å². The number of benzene rings is 2. The molecule has 168 valence electrons. The number of nitrogens with zero attached hydrogens (tertiary/aromatic N) is 4. The van der Waals surface area contributed by atoms with Crippen molar-refractivity contribution in [2.24, 2.45) is 0 Å². The summed E-state index contributed by atoms with van der Waals surface area (Å²) in [6.45, 7) is -1.30. The van der Waals surface area contributed by atoms with Gasteiger partial charge in [0.15, 0.2) is 6.61 Å². The van der Waals surface area contributed by atoms with E-state index in [-0.39, 0.29) is 4.90 Å². The van der Waals surface area contributed by atoms with Crippen LogP contribution in [0.2, 0.25) is 5.02 Å².